The van der Waals surface area contributed by atoms with Crippen LogP contribution in [-0.2, 0) is 26.2 Å². The normalized spacial score (nSPS) is 12.4. The Morgan fingerprint density at radius 1 is 1.08 bits per heavy atom. The van der Waals surface area contributed by atoms with E-state index in [1.54, 1.807) is 13.0 Å². The van der Waals surface area contributed by atoms with E-state index in [4.69, 9.17) is 9.47 Å². The van der Waals surface area contributed by atoms with Crippen LogP contribution in [0.4, 0.5) is 5.69 Å². The van der Waals surface area contributed by atoms with E-state index in [1.165, 1.54) is 31.3 Å². The quantitative estimate of drug-likeness (QED) is 0.458. The molecule has 0 aromatic heterocycles. The van der Waals surface area contributed by atoms with E-state index >= 15 is 0 Å². The van der Waals surface area contributed by atoms with Crippen molar-refractivity contribution in [3.8, 4) is 11.5 Å². The molecule has 2 aromatic carbocycles. The molecule has 0 fully saturated rings. The van der Waals surface area contributed by atoms with Crippen LogP contribution in [0.15, 0.2) is 46.9 Å². The van der Waals surface area contributed by atoms with E-state index in [1.807, 2.05) is 45.0 Å². The van der Waals surface area contributed by atoms with E-state index in [0.717, 1.165) is 20.6 Å². The van der Waals surface area contributed by atoms with Gasteiger partial charge in [0.25, 0.3) is 0 Å². The van der Waals surface area contributed by atoms with Gasteiger partial charge in [0.1, 0.15) is 24.1 Å². The number of hydrogen-bond donors (Lipinski definition) is 1. The smallest absolute Gasteiger partial charge is 0.244 e. The van der Waals surface area contributed by atoms with Crippen LogP contribution in [0.1, 0.15) is 33.3 Å². The van der Waals surface area contributed by atoms with Gasteiger partial charge in [0.2, 0.25) is 21.8 Å². The van der Waals surface area contributed by atoms with Crippen LogP contribution in [0.25, 0.3) is 0 Å². The van der Waals surface area contributed by atoms with Crippen molar-refractivity contribution in [1.29, 1.82) is 0 Å². The van der Waals surface area contributed by atoms with Crippen molar-refractivity contribution in [1.82, 2.24) is 10.2 Å². The lowest BCUT2D eigenvalue weighted by atomic mass is 10.1. The highest BCUT2D eigenvalue weighted by molar-refractivity contribution is 9.10. The molecule has 0 radical (unpaired) electrons. The van der Waals surface area contributed by atoms with E-state index in [2.05, 4.69) is 21.2 Å². The van der Waals surface area contributed by atoms with Gasteiger partial charge in [-0.1, -0.05) is 28.1 Å². The molecule has 0 aliphatic rings. The van der Waals surface area contributed by atoms with E-state index in [9.17, 15) is 18.0 Å². The Hall–Kier alpha value is -2.79. The Morgan fingerprint density at radius 2 is 1.75 bits per heavy atom. The number of rotatable bonds is 10. The molecule has 0 saturated heterocycles. The minimum absolute atomic E-state index is 0.106. The van der Waals surface area contributed by atoms with Crippen molar-refractivity contribution < 1.29 is 27.5 Å². The maximum absolute atomic E-state index is 13.7. The number of methoxy groups -OCH3 is 2. The second-order valence-electron chi connectivity index (χ2n) is 9.37. The second-order valence-corrected chi connectivity index (χ2v) is 12.2. The van der Waals surface area contributed by atoms with Crippen molar-refractivity contribution in [2.24, 2.45) is 0 Å². The van der Waals surface area contributed by atoms with E-state index in [0.29, 0.717) is 5.75 Å². The fourth-order valence-electron chi connectivity index (χ4n) is 3.47. The molecule has 1 atom stereocenters. The van der Waals surface area contributed by atoms with Crippen molar-refractivity contribution in [3.63, 3.8) is 0 Å². The number of amides is 2. The number of carbonyl (C=O) groups is 2. The molecule has 0 spiro atoms. The molecule has 0 aliphatic heterocycles. The summed E-state index contributed by atoms with van der Waals surface area (Å²) in [6.07, 6.45) is 1.01. The Kier molecular flexibility index (Phi) is 9.78. The van der Waals surface area contributed by atoms with Crippen LogP contribution < -0.4 is 19.1 Å². The maximum atomic E-state index is 13.7. The highest BCUT2D eigenvalue weighted by Crippen LogP contribution is 2.33. The minimum atomic E-state index is -3.90. The number of sulfonamides is 1. The van der Waals surface area contributed by atoms with Crippen molar-refractivity contribution >= 4 is 43.5 Å². The molecule has 0 unspecified atom stereocenters. The summed E-state index contributed by atoms with van der Waals surface area (Å²) >= 11 is 3.43. The topological polar surface area (TPSA) is 105 Å². The van der Waals surface area contributed by atoms with Crippen molar-refractivity contribution in [3.05, 3.63) is 52.5 Å². The van der Waals surface area contributed by atoms with Gasteiger partial charge >= 0.3 is 0 Å². The molecule has 2 aromatic rings. The predicted molar refractivity (Wildman–Crippen MR) is 144 cm³/mol. The summed E-state index contributed by atoms with van der Waals surface area (Å²) in [6.45, 7) is 6.74. The molecule has 1 N–H and O–H groups in total. The summed E-state index contributed by atoms with van der Waals surface area (Å²) in [6, 6.07) is 11.1. The summed E-state index contributed by atoms with van der Waals surface area (Å²) in [4.78, 5) is 28.0. The zero-order chi connectivity index (χ0) is 27.3. The monoisotopic (exact) mass is 583 g/mol. The molecule has 2 amide bonds. The van der Waals surface area contributed by atoms with Crippen molar-refractivity contribution in [2.75, 3.05) is 31.3 Å². The Labute approximate surface area is 221 Å². The zero-order valence-corrected chi connectivity index (χ0v) is 24.1. The standard InChI is InChI=1S/C25H34BrN3O6S/c1-17(24(31)27-25(2,3)4)28(15-18-9-8-10-19(26)13-18)23(30)16-29(36(7,32)33)21-12-11-20(34-5)14-22(21)35-6/h8-14,17H,15-16H2,1-7H3,(H,27,31)/t17-/m0/s1. The Balaban J connectivity index is 2.48. The summed E-state index contributed by atoms with van der Waals surface area (Å²) in [5.41, 5.74) is 0.454. The molecule has 0 bridgehead atoms. The van der Waals surface area contributed by atoms with Gasteiger partial charge in [-0.3, -0.25) is 13.9 Å². The molecule has 9 nitrogen and oxygen atoms in total. The summed E-state index contributed by atoms with van der Waals surface area (Å²) in [5.74, 6) is -0.197. The SMILES string of the molecule is COc1ccc(N(CC(=O)N(Cc2cccc(Br)c2)[C@@H](C)C(=O)NC(C)(C)C)S(C)(=O)=O)c(OC)c1. The van der Waals surface area contributed by atoms with Crippen LogP contribution in [0.2, 0.25) is 0 Å². The number of benzene rings is 2. The summed E-state index contributed by atoms with van der Waals surface area (Å²) in [5, 5.41) is 2.89. The van der Waals surface area contributed by atoms with Crippen LogP contribution in [0, 0.1) is 0 Å². The van der Waals surface area contributed by atoms with Gasteiger partial charge in [-0.2, -0.15) is 0 Å². The predicted octanol–water partition coefficient (Wildman–Crippen LogP) is 3.56. The zero-order valence-electron chi connectivity index (χ0n) is 21.7. The molecular formula is C25H34BrN3O6S. The largest absolute Gasteiger partial charge is 0.497 e. The first-order chi connectivity index (χ1) is 16.7. The van der Waals surface area contributed by atoms with Gasteiger partial charge in [0.05, 0.1) is 26.2 Å². The number of anilines is 1. The van der Waals surface area contributed by atoms with E-state index < -0.39 is 34.1 Å². The fraction of sp³-hybridized carbons (Fsp3) is 0.440. The van der Waals surface area contributed by atoms with Gasteiger partial charge in [-0.05, 0) is 57.5 Å². The fourth-order valence-corrected chi connectivity index (χ4v) is 4.77. The summed E-state index contributed by atoms with van der Waals surface area (Å²) < 4.78 is 37.9. The molecular weight excluding hydrogens is 550 g/mol. The molecule has 11 heteroatoms. The Bertz CT molecular complexity index is 1200. The van der Waals surface area contributed by atoms with Gasteiger partial charge < -0.3 is 19.7 Å². The van der Waals surface area contributed by atoms with Crippen LogP contribution in [0.3, 0.4) is 0 Å². The van der Waals surface area contributed by atoms with Gasteiger partial charge in [-0.15, -0.1) is 0 Å². The maximum Gasteiger partial charge on any atom is 0.244 e. The van der Waals surface area contributed by atoms with Gasteiger partial charge in [0.15, 0.2) is 0 Å². The van der Waals surface area contributed by atoms with Crippen LogP contribution >= 0.6 is 15.9 Å². The molecule has 2 rings (SSSR count). The van der Waals surface area contributed by atoms with Crippen molar-refractivity contribution in [2.45, 2.75) is 45.8 Å². The lowest BCUT2D eigenvalue weighted by molar-refractivity contribution is -0.140. The number of hydrogen-bond acceptors (Lipinski definition) is 6. The molecule has 198 valence electrons. The minimum Gasteiger partial charge on any atom is -0.497 e. The number of carbonyl (C=O) groups excluding carboxylic acids is 2. The first-order valence-corrected chi connectivity index (χ1v) is 13.9. The third kappa shape index (κ3) is 8.12. The number of halogens is 1. The first kappa shape index (κ1) is 29.4. The molecule has 0 aliphatic carbocycles. The number of nitrogens with zero attached hydrogens (tertiary/aromatic N) is 2. The highest BCUT2D eigenvalue weighted by Gasteiger charge is 2.32. The molecule has 0 heterocycles. The van der Waals surface area contributed by atoms with E-state index in [-0.39, 0.29) is 23.9 Å². The molecule has 36 heavy (non-hydrogen) atoms. The van der Waals surface area contributed by atoms with Crippen LogP contribution in [-0.4, -0.2) is 63.7 Å². The van der Waals surface area contributed by atoms with Gasteiger partial charge in [0, 0.05) is 22.6 Å². The van der Waals surface area contributed by atoms with Gasteiger partial charge in [-0.25, -0.2) is 8.42 Å². The third-order valence-corrected chi connectivity index (χ3v) is 6.86. The molecule has 0 saturated carbocycles. The Morgan fingerprint density at radius 3 is 2.28 bits per heavy atom. The highest BCUT2D eigenvalue weighted by atomic mass is 79.9. The summed E-state index contributed by atoms with van der Waals surface area (Å²) in [7, 11) is -1.01. The first-order valence-electron chi connectivity index (χ1n) is 11.2. The lowest BCUT2D eigenvalue weighted by Crippen LogP contribution is -2.54. The third-order valence-electron chi connectivity index (χ3n) is 5.24. The average Bonchev–Trinajstić information content (AvgIpc) is 2.78. The lowest BCUT2D eigenvalue weighted by Gasteiger charge is -2.33. The number of ether oxygens (including phenoxy) is 2. The second kappa shape index (κ2) is 12.0. The van der Waals surface area contributed by atoms with Crippen LogP contribution in [0.5, 0.6) is 11.5 Å². The number of nitrogens with one attached hydrogen (secondary N) is 1. The average molecular weight is 585 g/mol.